The maximum absolute atomic E-state index is 3.74. The van der Waals surface area contributed by atoms with Gasteiger partial charge in [0.15, 0.2) is 0 Å². The van der Waals surface area contributed by atoms with Crippen molar-refractivity contribution in [3.05, 3.63) is 58.6 Å². The number of nitrogens with zero attached hydrogens (tertiary/aromatic N) is 1. The lowest BCUT2D eigenvalue weighted by atomic mass is 10.1. The molecule has 0 aliphatic heterocycles. The van der Waals surface area contributed by atoms with E-state index >= 15 is 0 Å². The van der Waals surface area contributed by atoms with Crippen molar-refractivity contribution in [3.8, 4) is 0 Å². The highest BCUT2D eigenvalue weighted by molar-refractivity contribution is 9.10. The van der Waals surface area contributed by atoms with Gasteiger partial charge < -0.3 is 10.2 Å². The fraction of sp³-hybridized carbons (Fsp3) is 0.333. The second kappa shape index (κ2) is 7.62. The molecule has 2 aromatic rings. The number of benzene rings is 2. The van der Waals surface area contributed by atoms with Crippen molar-refractivity contribution in [1.29, 1.82) is 0 Å². The smallest absolute Gasteiger partial charge is 0.0555 e. The summed E-state index contributed by atoms with van der Waals surface area (Å²) in [4.78, 5) is 2.31. The molecule has 0 aromatic heterocycles. The Morgan fingerprint density at radius 3 is 2.38 bits per heavy atom. The Balaban J connectivity index is 2.31. The molecule has 0 fully saturated rings. The van der Waals surface area contributed by atoms with Gasteiger partial charge in [0.25, 0.3) is 0 Å². The van der Waals surface area contributed by atoms with Crippen molar-refractivity contribution in [2.24, 2.45) is 0 Å². The fourth-order valence-electron chi connectivity index (χ4n) is 2.54. The summed E-state index contributed by atoms with van der Waals surface area (Å²) >= 11 is 3.74. The van der Waals surface area contributed by atoms with Crippen LogP contribution in [0.1, 0.15) is 32.4 Å². The van der Waals surface area contributed by atoms with E-state index < -0.39 is 0 Å². The fourth-order valence-corrected chi connectivity index (χ4v) is 3.15. The van der Waals surface area contributed by atoms with Gasteiger partial charge in [0.05, 0.1) is 5.69 Å². The molecule has 0 aliphatic carbocycles. The topological polar surface area (TPSA) is 15.3 Å². The van der Waals surface area contributed by atoms with E-state index in [0.29, 0.717) is 6.04 Å². The van der Waals surface area contributed by atoms with Gasteiger partial charge in [-0.3, -0.25) is 0 Å². The van der Waals surface area contributed by atoms with E-state index in [2.05, 4.69) is 89.4 Å². The van der Waals surface area contributed by atoms with Gasteiger partial charge in [-0.2, -0.15) is 0 Å². The SMILES string of the molecule is CCNC(C)c1ccc(N(CC)c2ccccc2)c(Br)c1. The summed E-state index contributed by atoms with van der Waals surface area (Å²) in [5.74, 6) is 0. The predicted octanol–water partition coefficient (Wildman–Crippen LogP) is 5.28. The lowest BCUT2D eigenvalue weighted by molar-refractivity contribution is 0.598. The van der Waals surface area contributed by atoms with Crippen molar-refractivity contribution >= 4 is 27.3 Å². The first-order valence-electron chi connectivity index (χ1n) is 7.52. The van der Waals surface area contributed by atoms with E-state index in [9.17, 15) is 0 Å². The van der Waals surface area contributed by atoms with Crippen LogP contribution >= 0.6 is 15.9 Å². The van der Waals surface area contributed by atoms with Crippen LogP contribution < -0.4 is 10.2 Å². The van der Waals surface area contributed by atoms with Crippen LogP contribution in [-0.2, 0) is 0 Å². The Morgan fingerprint density at radius 2 is 1.81 bits per heavy atom. The molecule has 0 aliphatic rings. The summed E-state index contributed by atoms with van der Waals surface area (Å²) in [5.41, 5.74) is 3.72. The molecule has 0 saturated carbocycles. The molecule has 112 valence electrons. The molecule has 2 nitrogen and oxygen atoms in total. The Labute approximate surface area is 136 Å². The molecule has 0 amide bonds. The zero-order chi connectivity index (χ0) is 15.2. The maximum Gasteiger partial charge on any atom is 0.0555 e. The molecular formula is C18H23BrN2. The average molecular weight is 347 g/mol. The van der Waals surface area contributed by atoms with Gasteiger partial charge in [0.1, 0.15) is 0 Å². The number of anilines is 2. The summed E-state index contributed by atoms with van der Waals surface area (Å²) in [7, 11) is 0. The molecule has 3 heteroatoms. The number of nitrogens with one attached hydrogen (secondary N) is 1. The van der Waals surface area contributed by atoms with E-state index in [0.717, 1.165) is 17.6 Å². The third kappa shape index (κ3) is 3.86. The van der Waals surface area contributed by atoms with Gasteiger partial charge >= 0.3 is 0 Å². The quantitative estimate of drug-likeness (QED) is 0.765. The van der Waals surface area contributed by atoms with Crippen molar-refractivity contribution in [1.82, 2.24) is 5.32 Å². The predicted molar refractivity (Wildman–Crippen MR) is 95.4 cm³/mol. The number of halogens is 1. The van der Waals surface area contributed by atoms with Crippen LogP contribution in [0, 0.1) is 0 Å². The third-order valence-corrected chi connectivity index (χ3v) is 4.29. The van der Waals surface area contributed by atoms with Crippen LogP contribution in [0.25, 0.3) is 0 Å². The molecule has 1 N–H and O–H groups in total. The lowest BCUT2D eigenvalue weighted by Crippen LogP contribution is -2.19. The number of para-hydroxylation sites is 1. The Hall–Kier alpha value is -1.32. The average Bonchev–Trinajstić information content (AvgIpc) is 2.51. The molecular weight excluding hydrogens is 324 g/mol. The van der Waals surface area contributed by atoms with Crippen LogP contribution in [0.3, 0.4) is 0 Å². The van der Waals surface area contributed by atoms with Crippen molar-refractivity contribution in [3.63, 3.8) is 0 Å². The highest BCUT2D eigenvalue weighted by atomic mass is 79.9. The second-order valence-electron chi connectivity index (χ2n) is 5.07. The van der Waals surface area contributed by atoms with Crippen molar-refractivity contribution < 1.29 is 0 Å². The molecule has 1 unspecified atom stereocenters. The second-order valence-corrected chi connectivity index (χ2v) is 5.92. The Kier molecular flexibility index (Phi) is 5.83. The largest absolute Gasteiger partial charge is 0.341 e. The first kappa shape index (κ1) is 16.1. The first-order chi connectivity index (χ1) is 10.2. The van der Waals surface area contributed by atoms with Crippen LogP contribution in [0.5, 0.6) is 0 Å². The van der Waals surface area contributed by atoms with E-state index in [1.807, 2.05) is 6.07 Å². The zero-order valence-electron chi connectivity index (χ0n) is 12.9. The molecule has 1 atom stereocenters. The molecule has 0 bridgehead atoms. The van der Waals surface area contributed by atoms with Gasteiger partial charge in [-0.15, -0.1) is 0 Å². The lowest BCUT2D eigenvalue weighted by Gasteiger charge is -2.25. The van der Waals surface area contributed by atoms with E-state index in [-0.39, 0.29) is 0 Å². The normalized spacial score (nSPS) is 12.2. The monoisotopic (exact) mass is 346 g/mol. The number of hydrogen-bond donors (Lipinski definition) is 1. The molecule has 0 heterocycles. The summed E-state index contributed by atoms with van der Waals surface area (Å²) < 4.78 is 1.13. The van der Waals surface area contributed by atoms with Crippen molar-refractivity contribution in [2.75, 3.05) is 18.0 Å². The van der Waals surface area contributed by atoms with Crippen LogP contribution in [0.2, 0.25) is 0 Å². The van der Waals surface area contributed by atoms with E-state index in [1.54, 1.807) is 0 Å². The minimum absolute atomic E-state index is 0.368. The minimum atomic E-state index is 0.368. The highest BCUT2D eigenvalue weighted by Crippen LogP contribution is 2.33. The molecule has 2 aromatic carbocycles. The number of hydrogen-bond acceptors (Lipinski definition) is 2. The van der Waals surface area contributed by atoms with Crippen LogP contribution in [-0.4, -0.2) is 13.1 Å². The Bertz CT molecular complexity index is 569. The number of rotatable bonds is 6. The van der Waals surface area contributed by atoms with Gasteiger partial charge in [0.2, 0.25) is 0 Å². The molecule has 0 spiro atoms. The first-order valence-corrected chi connectivity index (χ1v) is 8.32. The van der Waals surface area contributed by atoms with E-state index in [1.165, 1.54) is 16.9 Å². The highest BCUT2D eigenvalue weighted by Gasteiger charge is 2.12. The molecule has 0 saturated heterocycles. The molecule has 21 heavy (non-hydrogen) atoms. The summed E-state index contributed by atoms with van der Waals surface area (Å²) in [6.07, 6.45) is 0. The standard InChI is InChI=1S/C18H23BrN2/c1-4-20-14(3)15-11-12-18(17(19)13-15)21(5-2)16-9-7-6-8-10-16/h6-14,20H,4-5H2,1-3H3. The van der Waals surface area contributed by atoms with Gasteiger partial charge in [-0.05, 0) is 66.2 Å². The summed E-state index contributed by atoms with van der Waals surface area (Å²) in [5, 5.41) is 3.45. The van der Waals surface area contributed by atoms with Gasteiger partial charge in [-0.1, -0.05) is 31.2 Å². The Morgan fingerprint density at radius 1 is 1.10 bits per heavy atom. The van der Waals surface area contributed by atoms with Crippen LogP contribution in [0.4, 0.5) is 11.4 Å². The maximum atomic E-state index is 3.74. The zero-order valence-corrected chi connectivity index (χ0v) is 14.5. The van der Waals surface area contributed by atoms with Crippen molar-refractivity contribution in [2.45, 2.75) is 26.8 Å². The molecule has 2 rings (SSSR count). The minimum Gasteiger partial charge on any atom is -0.341 e. The van der Waals surface area contributed by atoms with E-state index in [4.69, 9.17) is 0 Å². The van der Waals surface area contributed by atoms with Crippen LogP contribution in [0.15, 0.2) is 53.0 Å². The summed E-state index contributed by atoms with van der Waals surface area (Å²) in [6, 6.07) is 17.5. The van der Waals surface area contributed by atoms with Gasteiger partial charge in [0, 0.05) is 22.7 Å². The van der Waals surface area contributed by atoms with Gasteiger partial charge in [-0.25, -0.2) is 0 Å². The summed E-state index contributed by atoms with van der Waals surface area (Å²) in [6.45, 7) is 8.42. The third-order valence-electron chi connectivity index (χ3n) is 3.66. The molecule has 0 radical (unpaired) electrons.